The number of hydrogen-bond acceptors (Lipinski definition) is 5. The van der Waals surface area contributed by atoms with E-state index >= 15 is 0 Å². The van der Waals surface area contributed by atoms with Crippen molar-refractivity contribution in [1.82, 2.24) is 9.97 Å². The molecule has 2 heterocycles. The number of aryl methyl sites for hydroxylation is 1. The molecule has 0 aromatic carbocycles. The summed E-state index contributed by atoms with van der Waals surface area (Å²) in [6.07, 6.45) is 1.36. The molecular formula is C11H15N3O3. The maximum atomic E-state index is 10.9. The van der Waals surface area contributed by atoms with Crippen molar-refractivity contribution in [2.75, 3.05) is 24.7 Å². The Morgan fingerprint density at radius 1 is 1.65 bits per heavy atom. The highest BCUT2D eigenvalue weighted by Gasteiger charge is 2.22. The van der Waals surface area contributed by atoms with Gasteiger partial charge in [-0.2, -0.15) is 0 Å². The molecule has 1 aromatic rings. The molecule has 1 aromatic heterocycles. The number of rotatable bonds is 2. The number of nitrogens with zero attached hydrogens (tertiary/aromatic N) is 3. The Bertz CT molecular complexity index is 436. The van der Waals surface area contributed by atoms with Crippen LogP contribution in [0.5, 0.6) is 0 Å². The Labute approximate surface area is 99.2 Å². The van der Waals surface area contributed by atoms with Crippen LogP contribution in [-0.4, -0.2) is 46.8 Å². The summed E-state index contributed by atoms with van der Waals surface area (Å²) in [5.41, 5.74) is 0.635. The lowest BCUT2D eigenvalue weighted by Crippen LogP contribution is -2.44. The lowest BCUT2D eigenvalue weighted by atomic mass is 10.2. The number of morpholine rings is 1. The molecule has 6 nitrogen and oxygen atoms in total. The van der Waals surface area contributed by atoms with Gasteiger partial charge in [-0.05, 0) is 13.8 Å². The van der Waals surface area contributed by atoms with Gasteiger partial charge in [-0.3, -0.25) is 0 Å². The first-order valence-electron chi connectivity index (χ1n) is 5.51. The van der Waals surface area contributed by atoms with Gasteiger partial charge < -0.3 is 14.7 Å². The van der Waals surface area contributed by atoms with Crippen LogP contribution in [-0.2, 0) is 4.74 Å². The molecule has 6 heteroatoms. The van der Waals surface area contributed by atoms with Crippen molar-refractivity contribution < 1.29 is 14.6 Å². The minimum atomic E-state index is -0.996. The van der Waals surface area contributed by atoms with E-state index in [0.717, 1.165) is 6.54 Å². The van der Waals surface area contributed by atoms with Crippen LogP contribution in [0.2, 0.25) is 0 Å². The fourth-order valence-corrected chi connectivity index (χ4v) is 1.83. The van der Waals surface area contributed by atoms with Crippen molar-refractivity contribution in [2.24, 2.45) is 0 Å². The van der Waals surface area contributed by atoms with E-state index in [2.05, 4.69) is 9.97 Å². The summed E-state index contributed by atoms with van der Waals surface area (Å²) in [5.74, 6) is -0.424. The lowest BCUT2D eigenvalue weighted by Gasteiger charge is -2.33. The smallest absolute Gasteiger partial charge is 0.339 e. The molecule has 0 aliphatic carbocycles. The van der Waals surface area contributed by atoms with Gasteiger partial charge in [0.05, 0.1) is 30.5 Å². The van der Waals surface area contributed by atoms with Crippen LogP contribution in [0.4, 0.5) is 5.95 Å². The van der Waals surface area contributed by atoms with Crippen LogP contribution in [0.1, 0.15) is 23.0 Å². The molecule has 0 amide bonds. The lowest BCUT2D eigenvalue weighted by molar-refractivity contribution is 0.0695. The quantitative estimate of drug-likeness (QED) is 0.816. The largest absolute Gasteiger partial charge is 0.478 e. The molecule has 1 saturated heterocycles. The summed E-state index contributed by atoms with van der Waals surface area (Å²) in [4.78, 5) is 21.3. The predicted octanol–water partition coefficient (Wildman–Crippen LogP) is 0.708. The van der Waals surface area contributed by atoms with Crippen molar-refractivity contribution in [3.8, 4) is 0 Å². The molecule has 1 aliphatic rings. The zero-order valence-corrected chi connectivity index (χ0v) is 9.88. The average molecular weight is 237 g/mol. The maximum absolute atomic E-state index is 10.9. The Kier molecular flexibility index (Phi) is 3.23. The van der Waals surface area contributed by atoms with Gasteiger partial charge in [0.25, 0.3) is 0 Å². The van der Waals surface area contributed by atoms with Gasteiger partial charge in [0, 0.05) is 12.7 Å². The molecular weight excluding hydrogens is 222 g/mol. The molecule has 17 heavy (non-hydrogen) atoms. The summed E-state index contributed by atoms with van der Waals surface area (Å²) in [6, 6.07) is 0.207. The Morgan fingerprint density at radius 3 is 3.00 bits per heavy atom. The number of anilines is 1. The molecule has 1 atom stereocenters. The van der Waals surface area contributed by atoms with Gasteiger partial charge in [0.15, 0.2) is 0 Å². The van der Waals surface area contributed by atoms with Crippen LogP contribution in [0.15, 0.2) is 6.20 Å². The van der Waals surface area contributed by atoms with Gasteiger partial charge in [0.2, 0.25) is 5.95 Å². The van der Waals surface area contributed by atoms with Gasteiger partial charge in [-0.1, -0.05) is 0 Å². The standard InChI is InChI=1S/C11H15N3O3/c1-7-6-17-4-3-14(7)11-12-5-9(10(15)16)8(2)13-11/h5,7H,3-4,6H2,1-2H3,(H,15,16). The van der Waals surface area contributed by atoms with Gasteiger partial charge in [0.1, 0.15) is 0 Å². The van der Waals surface area contributed by atoms with Gasteiger partial charge >= 0.3 is 5.97 Å². The van der Waals surface area contributed by atoms with Gasteiger partial charge in [-0.15, -0.1) is 0 Å². The van der Waals surface area contributed by atoms with E-state index in [1.807, 2.05) is 11.8 Å². The van der Waals surface area contributed by atoms with E-state index in [1.165, 1.54) is 6.20 Å². The third-order valence-corrected chi connectivity index (χ3v) is 2.82. The first-order valence-corrected chi connectivity index (χ1v) is 5.51. The van der Waals surface area contributed by atoms with E-state index in [4.69, 9.17) is 9.84 Å². The molecule has 0 radical (unpaired) electrons. The number of aromatic nitrogens is 2. The van der Waals surface area contributed by atoms with E-state index in [1.54, 1.807) is 6.92 Å². The highest BCUT2D eigenvalue weighted by atomic mass is 16.5. The first-order chi connectivity index (χ1) is 8.09. The van der Waals surface area contributed by atoms with Crippen LogP contribution in [0.25, 0.3) is 0 Å². The second kappa shape index (κ2) is 4.67. The highest BCUT2D eigenvalue weighted by molar-refractivity contribution is 5.88. The van der Waals surface area contributed by atoms with E-state index < -0.39 is 5.97 Å². The van der Waals surface area contributed by atoms with Gasteiger partial charge in [-0.25, -0.2) is 14.8 Å². The molecule has 0 saturated carbocycles. The van der Waals surface area contributed by atoms with Crippen LogP contribution < -0.4 is 4.90 Å². The molecule has 2 rings (SSSR count). The number of carboxylic acids is 1. The minimum absolute atomic E-state index is 0.148. The molecule has 0 spiro atoms. The molecule has 1 unspecified atom stereocenters. The van der Waals surface area contributed by atoms with E-state index in [0.29, 0.717) is 24.9 Å². The number of aromatic carboxylic acids is 1. The SMILES string of the molecule is Cc1nc(N2CCOCC2C)ncc1C(=O)O. The second-order valence-electron chi connectivity index (χ2n) is 4.09. The highest BCUT2D eigenvalue weighted by Crippen LogP contribution is 2.16. The summed E-state index contributed by atoms with van der Waals surface area (Å²) >= 11 is 0. The average Bonchev–Trinajstić information content (AvgIpc) is 2.29. The Morgan fingerprint density at radius 2 is 2.41 bits per heavy atom. The Hall–Kier alpha value is -1.69. The van der Waals surface area contributed by atoms with Crippen LogP contribution >= 0.6 is 0 Å². The van der Waals surface area contributed by atoms with Crippen molar-refractivity contribution in [3.63, 3.8) is 0 Å². The molecule has 1 fully saturated rings. The van der Waals surface area contributed by atoms with Crippen LogP contribution in [0, 0.1) is 6.92 Å². The zero-order chi connectivity index (χ0) is 12.4. The number of ether oxygens (including phenoxy) is 1. The molecule has 0 bridgehead atoms. The van der Waals surface area contributed by atoms with E-state index in [-0.39, 0.29) is 11.6 Å². The van der Waals surface area contributed by atoms with Crippen LogP contribution in [0.3, 0.4) is 0 Å². The predicted molar refractivity (Wildman–Crippen MR) is 61.4 cm³/mol. The van der Waals surface area contributed by atoms with Crippen molar-refractivity contribution >= 4 is 11.9 Å². The molecule has 92 valence electrons. The maximum Gasteiger partial charge on any atom is 0.339 e. The summed E-state index contributed by atoms with van der Waals surface area (Å²) in [7, 11) is 0. The van der Waals surface area contributed by atoms with Crippen molar-refractivity contribution in [3.05, 3.63) is 17.5 Å². The number of hydrogen-bond donors (Lipinski definition) is 1. The molecule has 1 aliphatic heterocycles. The normalized spacial score (nSPS) is 20.4. The summed E-state index contributed by atoms with van der Waals surface area (Å²) in [5, 5.41) is 8.91. The van der Waals surface area contributed by atoms with Crippen molar-refractivity contribution in [2.45, 2.75) is 19.9 Å². The third-order valence-electron chi connectivity index (χ3n) is 2.82. The minimum Gasteiger partial charge on any atom is -0.478 e. The Balaban J connectivity index is 2.27. The zero-order valence-electron chi connectivity index (χ0n) is 9.88. The second-order valence-corrected chi connectivity index (χ2v) is 4.09. The summed E-state index contributed by atoms with van der Waals surface area (Å²) < 4.78 is 5.33. The number of carboxylic acid groups (broad SMARTS) is 1. The fraction of sp³-hybridized carbons (Fsp3) is 0.545. The molecule has 1 N–H and O–H groups in total. The first kappa shape index (κ1) is 11.8. The fourth-order valence-electron chi connectivity index (χ4n) is 1.83. The third kappa shape index (κ3) is 2.36. The summed E-state index contributed by atoms with van der Waals surface area (Å²) in [6.45, 7) is 5.73. The van der Waals surface area contributed by atoms with E-state index in [9.17, 15) is 4.79 Å². The van der Waals surface area contributed by atoms with Crippen molar-refractivity contribution in [1.29, 1.82) is 0 Å². The monoisotopic (exact) mass is 237 g/mol. The number of carbonyl (C=O) groups is 1. The topological polar surface area (TPSA) is 75.5 Å².